The molecule has 0 aromatic heterocycles. The zero-order chi connectivity index (χ0) is 9.07. The molecule has 0 aliphatic carbocycles. The van der Waals surface area contributed by atoms with Crippen LogP contribution < -0.4 is 10.5 Å². The van der Waals surface area contributed by atoms with Gasteiger partial charge >= 0.3 is 0 Å². The number of nitrogens with two attached hydrogens (primary N) is 1. The van der Waals surface area contributed by atoms with Crippen LogP contribution in [-0.2, 0) is 10.2 Å². The third-order valence-corrected chi connectivity index (χ3v) is 2.64. The van der Waals surface area contributed by atoms with Crippen molar-refractivity contribution in [3.63, 3.8) is 0 Å². The molecule has 0 bridgehead atoms. The molecule has 5 nitrogen and oxygen atoms in total. The van der Waals surface area contributed by atoms with Gasteiger partial charge in [-0.05, 0) is 0 Å². The first-order chi connectivity index (χ1) is 4.90. The standard InChI is InChI=1S/C4H11N3O2S2/c1-6-11(8,9)7(2)3-4(5)10/h6H,3H2,1-2H3,(H2,5,10). The van der Waals surface area contributed by atoms with Crippen LogP contribution in [0.25, 0.3) is 0 Å². The number of rotatable bonds is 4. The van der Waals surface area contributed by atoms with E-state index in [0.717, 1.165) is 4.31 Å². The second-order valence-electron chi connectivity index (χ2n) is 1.93. The molecule has 0 fully saturated rings. The second kappa shape index (κ2) is 3.96. The summed E-state index contributed by atoms with van der Waals surface area (Å²) in [5.74, 6) is 0. The lowest BCUT2D eigenvalue weighted by molar-refractivity contribution is 0.497. The van der Waals surface area contributed by atoms with Crippen molar-refractivity contribution in [1.29, 1.82) is 0 Å². The average molecular weight is 197 g/mol. The molecule has 66 valence electrons. The SMILES string of the molecule is CNS(=O)(=O)N(C)CC(N)=S. The number of nitrogens with zero attached hydrogens (tertiary/aromatic N) is 1. The number of thiocarbonyl (C=S) groups is 1. The van der Waals surface area contributed by atoms with Gasteiger partial charge in [0.25, 0.3) is 10.2 Å². The van der Waals surface area contributed by atoms with Crippen LogP contribution in [0.5, 0.6) is 0 Å². The van der Waals surface area contributed by atoms with Crippen LogP contribution in [0.15, 0.2) is 0 Å². The van der Waals surface area contributed by atoms with Crippen LogP contribution >= 0.6 is 12.2 Å². The van der Waals surface area contributed by atoms with E-state index in [1.54, 1.807) is 0 Å². The van der Waals surface area contributed by atoms with Gasteiger partial charge in [0.2, 0.25) is 0 Å². The largest absolute Gasteiger partial charge is 0.392 e. The molecule has 0 rings (SSSR count). The average Bonchev–Trinajstić information content (AvgIpc) is 1.86. The van der Waals surface area contributed by atoms with Crippen molar-refractivity contribution in [2.45, 2.75) is 0 Å². The minimum absolute atomic E-state index is 0.0541. The van der Waals surface area contributed by atoms with Gasteiger partial charge in [0.15, 0.2) is 0 Å². The van der Waals surface area contributed by atoms with Crippen LogP contribution in [0, 0.1) is 0 Å². The van der Waals surface area contributed by atoms with Crippen LogP contribution in [0.4, 0.5) is 0 Å². The summed E-state index contributed by atoms with van der Waals surface area (Å²) >= 11 is 4.53. The summed E-state index contributed by atoms with van der Waals surface area (Å²) in [5.41, 5.74) is 5.14. The Hall–Kier alpha value is -0.240. The summed E-state index contributed by atoms with van der Waals surface area (Å²) in [6.07, 6.45) is 0. The highest BCUT2D eigenvalue weighted by molar-refractivity contribution is 7.87. The van der Waals surface area contributed by atoms with Crippen molar-refractivity contribution in [3.8, 4) is 0 Å². The quantitative estimate of drug-likeness (QED) is 0.547. The van der Waals surface area contributed by atoms with Crippen LogP contribution in [-0.4, -0.2) is 38.4 Å². The second-order valence-corrected chi connectivity index (χ2v) is 4.44. The van der Waals surface area contributed by atoms with Gasteiger partial charge in [-0.15, -0.1) is 0 Å². The van der Waals surface area contributed by atoms with Gasteiger partial charge in [-0.3, -0.25) is 0 Å². The van der Waals surface area contributed by atoms with Crippen LogP contribution in [0.2, 0.25) is 0 Å². The highest BCUT2D eigenvalue weighted by Crippen LogP contribution is 1.90. The molecule has 0 radical (unpaired) electrons. The summed E-state index contributed by atoms with van der Waals surface area (Å²) in [6.45, 7) is 0.0541. The van der Waals surface area contributed by atoms with E-state index in [1.165, 1.54) is 14.1 Å². The first-order valence-corrected chi connectivity index (χ1v) is 4.68. The summed E-state index contributed by atoms with van der Waals surface area (Å²) < 4.78 is 25.0. The highest BCUT2D eigenvalue weighted by Gasteiger charge is 2.14. The first-order valence-electron chi connectivity index (χ1n) is 2.83. The minimum atomic E-state index is -3.38. The van der Waals surface area contributed by atoms with Gasteiger partial charge in [-0.25, -0.2) is 4.72 Å². The molecule has 11 heavy (non-hydrogen) atoms. The Morgan fingerprint density at radius 2 is 2.18 bits per heavy atom. The van der Waals surface area contributed by atoms with E-state index in [1.807, 2.05) is 0 Å². The number of hydrogen-bond acceptors (Lipinski definition) is 3. The predicted octanol–water partition coefficient (Wildman–Crippen LogP) is -1.33. The minimum Gasteiger partial charge on any atom is -0.392 e. The number of likely N-dealkylation sites (N-methyl/N-ethyl adjacent to an activating group) is 1. The van der Waals surface area contributed by atoms with E-state index in [4.69, 9.17) is 5.73 Å². The lowest BCUT2D eigenvalue weighted by Crippen LogP contribution is -2.40. The molecular weight excluding hydrogens is 186 g/mol. The molecule has 0 heterocycles. The zero-order valence-corrected chi connectivity index (χ0v) is 8.00. The monoisotopic (exact) mass is 197 g/mol. The first kappa shape index (κ1) is 10.8. The maximum absolute atomic E-state index is 10.9. The molecule has 0 spiro atoms. The fraction of sp³-hybridized carbons (Fsp3) is 0.750. The van der Waals surface area contributed by atoms with E-state index in [9.17, 15) is 8.42 Å². The normalized spacial score (nSPS) is 11.9. The Morgan fingerprint density at radius 1 is 1.73 bits per heavy atom. The highest BCUT2D eigenvalue weighted by atomic mass is 32.2. The van der Waals surface area contributed by atoms with Crippen molar-refractivity contribution in [3.05, 3.63) is 0 Å². The third kappa shape index (κ3) is 3.61. The third-order valence-electron chi connectivity index (χ3n) is 1.05. The van der Waals surface area contributed by atoms with Gasteiger partial charge in [0.05, 0.1) is 11.5 Å². The molecule has 0 aliphatic heterocycles. The van der Waals surface area contributed by atoms with E-state index in [-0.39, 0.29) is 11.5 Å². The van der Waals surface area contributed by atoms with Crippen molar-refractivity contribution in [1.82, 2.24) is 9.03 Å². The van der Waals surface area contributed by atoms with E-state index < -0.39 is 10.2 Å². The Morgan fingerprint density at radius 3 is 2.45 bits per heavy atom. The lowest BCUT2D eigenvalue weighted by atomic mass is 10.7. The van der Waals surface area contributed by atoms with Crippen LogP contribution in [0.3, 0.4) is 0 Å². The Bertz CT molecular complexity index is 236. The molecule has 0 saturated heterocycles. The molecular formula is C4H11N3O2S2. The van der Waals surface area contributed by atoms with Gasteiger partial charge < -0.3 is 5.73 Å². The maximum Gasteiger partial charge on any atom is 0.279 e. The van der Waals surface area contributed by atoms with Crippen molar-refractivity contribution in [2.24, 2.45) is 5.73 Å². The fourth-order valence-electron chi connectivity index (χ4n) is 0.460. The van der Waals surface area contributed by atoms with Crippen molar-refractivity contribution in [2.75, 3.05) is 20.6 Å². The van der Waals surface area contributed by atoms with E-state index >= 15 is 0 Å². The molecule has 0 atom stereocenters. The Balaban J connectivity index is 4.26. The summed E-state index contributed by atoms with van der Waals surface area (Å²) in [5, 5.41) is 0. The fourth-order valence-corrected chi connectivity index (χ4v) is 1.36. The molecule has 3 N–H and O–H groups in total. The molecule has 0 saturated carbocycles. The predicted molar refractivity (Wildman–Crippen MR) is 47.4 cm³/mol. The zero-order valence-electron chi connectivity index (χ0n) is 6.36. The molecule has 7 heteroatoms. The number of hydrogen-bond donors (Lipinski definition) is 2. The maximum atomic E-state index is 10.9. The summed E-state index contributed by atoms with van der Waals surface area (Å²) in [4.78, 5) is 0.145. The molecule has 0 aromatic rings. The van der Waals surface area contributed by atoms with Crippen LogP contribution in [0.1, 0.15) is 0 Å². The van der Waals surface area contributed by atoms with Gasteiger partial charge in [0, 0.05) is 14.1 Å². The summed E-state index contributed by atoms with van der Waals surface area (Å²) in [7, 11) is -0.659. The number of nitrogens with one attached hydrogen (secondary N) is 1. The van der Waals surface area contributed by atoms with E-state index in [2.05, 4.69) is 16.9 Å². The molecule has 0 unspecified atom stereocenters. The molecule has 0 aliphatic rings. The Kier molecular flexibility index (Phi) is 3.87. The Labute approximate surface area is 71.7 Å². The lowest BCUT2D eigenvalue weighted by Gasteiger charge is -2.14. The molecule has 0 aromatic carbocycles. The van der Waals surface area contributed by atoms with Crippen molar-refractivity contribution < 1.29 is 8.42 Å². The van der Waals surface area contributed by atoms with Gasteiger partial charge in [-0.2, -0.15) is 12.7 Å². The van der Waals surface area contributed by atoms with Gasteiger partial charge in [-0.1, -0.05) is 12.2 Å². The van der Waals surface area contributed by atoms with Gasteiger partial charge in [0.1, 0.15) is 0 Å². The topological polar surface area (TPSA) is 75.4 Å². The summed E-state index contributed by atoms with van der Waals surface area (Å²) in [6, 6.07) is 0. The smallest absolute Gasteiger partial charge is 0.279 e. The van der Waals surface area contributed by atoms with E-state index in [0.29, 0.717) is 0 Å². The van der Waals surface area contributed by atoms with Crippen molar-refractivity contribution >= 4 is 27.4 Å². The molecule has 0 amide bonds.